The fourth-order valence-electron chi connectivity index (χ4n) is 2.34. The monoisotopic (exact) mass is 320 g/mol. The van der Waals surface area contributed by atoms with E-state index in [0.29, 0.717) is 18.1 Å². The highest BCUT2D eigenvalue weighted by Gasteiger charge is 2.25. The van der Waals surface area contributed by atoms with Crippen LogP contribution in [0.15, 0.2) is 16.9 Å². The maximum absolute atomic E-state index is 11.4. The first-order chi connectivity index (χ1) is 11.1. The first-order valence-corrected chi connectivity index (χ1v) is 7.18. The molecular formula is C13H16N6O4. The van der Waals surface area contributed by atoms with Crippen molar-refractivity contribution in [3.8, 4) is 0 Å². The van der Waals surface area contributed by atoms with Crippen LogP contribution >= 0.6 is 0 Å². The minimum atomic E-state index is -0.535. The molecular weight excluding hydrogens is 304 g/mol. The number of anilines is 3. The molecule has 122 valence electrons. The third-order valence-electron chi connectivity index (χ3n) is 3.40. The van der Waals surface area contributed by atoms with Gasteiger partial charge in [-0.15, -0.1) is 0 Å². The zero-order chi connectivity index (χ0) is 16.2. The van der Waals surface area contributed by atoms with Gasteiger partial charge >= 0.3 is 5.69 Å². The minimum absolute atomic E-state index is 0.0409. The maximum atomic E-state index is 11.4. The zero-order valence-corrected chi connectivity index (χ0v) is 12.5. The molecule has 2 aromatic heterocycles. The van der Waals surface area contributed by atoms with Crippen LogP contribution in [0.1, 0.15) is 18.6 Å². The average molecular weight is 320 g/mol. The van der Waals surface area contributed by atoms with Gasteiger partial charge in [-0.1, -0.05) is 5.16 Å². The first kappa shape index (κ1) is 15.2. The molecule has 23 heavy (non-hydrogen) atoms. The molecule has 1 atom stereocenters. The van der Waals surface area contributed by atoms with Gasteiger partial charge in [0.15, 0.2) is 5.82 Å². The highest BCUT2D eigenvalue weighted by Crippen LogP contribution is 2.31. The van der Waals surface area contributed by atoms with Gasteiger partial charge in [0.25, 0.3) is 0 Å². The third kappa shape index (κ3) is 3.54. The Hall–Kier alpha value is -2.75. The number of aromatic nitrogens is 3. The van der Waals surface area contributed by atoms with E-state index in [-0.39, 0.29) is 23.4 Å². The molecule has 1 aliphatic rings. The molecule has 1 saturated heterocycles. The van der Waals surface area contributed by atoms with Crippen molar-refractivity contribution in [2.24, 2.45) is 0 Å². The lowest BCUT2D eigenvalue weighted by Crippen LogP contribution is -2.20. The van der Waals surface area contributed by atoms with Gasteiger partial charge in [0, 0.05) is 19.2 Å². The molecule has 10 heteroatoms. The predicted molar refractivity (Wildman–Crippen MR) is 80.7 cm³/mol. The van der Waals surface area contributed by atoms with Crippen LogP contribution in [0, 0.1) is 17.0 Å². The maximum Gasteiger partial charge on any atom is 0.353 e. The Kier molecular flexibility index (Phi) is 4.33. The summed E-state index contributed by atoms with van der Waals surface area (Å²) in [6.45, 7) is 2.90. The molecule has 0 bridgehead atoms. The molecule has 0 saturated carbocycles. The molecule has 0 spiro atoms. The Morgan fingerprint density at radius 3 is 2.91 bits per heavy atom. The molecule has 0 radical (unpaired) electrons. The predicted octanol–water partition coefficient (Wildman–Crippen LogP) is 2.02. The van der Waals surface area contributed by atoms with Gasteiger partial charge < -0.3 is 19.9 Å². The lowest BCUT2D eigenvalue weighted by atomic mass is 10.2. The minimum Gasteiger partial charge on any atom is -0.376 e. The standard InChI is InChI=1S/C13H16N6O4/c1-8-5-10(18-23-8)17-13-11(19(20)21)12(15-7-16-13)14-6-9-3-2-4-22-9/h5,7,9H,2-4,6H2,1H3,(H2,14,15,16,17,18). The van der Waals surface area contributed by atoms with Crippen LogP contribution in [0.2, 0.25) is 0 Å². The number of rotatable bonds is 6. The van der Waals surface area contributed by atoms with Crippen LogP contribution < -0.4 is 10.6 Å². The van der Waals surface area contributed by atoms with E-state index in [2.05, 4.69) is 25.8 Å². The fraction of sp³-hybridized carbons (Fsp3) is 0.462. The van der Waals surface area contributed by atoms with Crippen LogP contribution in [0.3, 0.4) is 0 Å². The van der Waals surface area contributed by atoms with E-state index < -0.39 is 4.92 Å². The van der Waals surface area contributed by atoms with Gasteiger partial charge in [-0.25, -0.2) is 9.97 Å². The summed E-state index contributed by atoms with van der Waals surface area (Å²) >= 11 is 0. The molecule has 2 aromatic rings. The molecule has 1 fully saturated rings. The summed E-state index contributed by atoms with van der Waals surface area (Å²) in [5.74, 6) is 1.12. The van der Waals surface area contributed by atoms with Crippen LogP contribution in [-0.2, 0) is 4.74 Å². The van der Waals surface area contributed by atoms with Crippen LogP contribution in [0.4, 0.5) is 23.1 Å². The van der Waals surface area contributed by atoms with Gasteiger partial charge in [-0.3, -0.25) is 10.1 Å². The lowest BCUT2D eigenvalue weighted by molar-refractivity contribution is -0.383. The third-order valence-corrected chi connectivity index (χ3v) is 3.40. The average Bonchev–Trinajstić information content (AvgIpc) is 3.16. The number of nitrogens with zero attached hydrogens (tertiary/aromatic N) is 4. The summed E-state index contributed by atoms with van der Waals surface area (Å²) < 4.78 is 10.4. The van der Waals surface area contributed by atoms with E-state index in [0.717, 1.165) is 19.4 Å². The van der Waals surface area contributed by atoms with Gasteiger partial charge in [0.1, 0.15) is 12.1 Å². The molecule has 3 heterocycles. The SMILES string of the molecule is Cc1cc(Nc2ncnc(NCC3CCCO3)c2[N+](=O)[O-])no1. The highest BCUT2D eigenvalue weighted by atomic mass is 16.6. The van der Waals surface area contributed by atoms with Crippen molar-refractivity contribution >= 4 is 23.1 Å². The Balaban J connectivity index is 1.81. The normalized spacial score (nSPS) is 17.2. The van der Waals surface area contributed by atoms with Gasteiger partial charge in [0.2, 0.25) is 11.6 Å². The summed E-state index contributed by atoms with van der Waals surface area (Å²) in [4.78, 5) is 18.8. The zero-order valence-electron chi connectivity index (χ0n) is 12.5. The topological polar surface area (TPSA) is 128 Å². The fourth-order valence-corrected chi connectivity index (χ4v) is 2.34. The van der Waals surface area contributed by atoms with E-state index in [4.69, 9.17) is 9.26 Å². The molecule has 3 rings (SSSR count). The second kappa shape index (κ2) is 6.57. The lowest BCUT2D eigenvalue weighted by Gasteiger charge is -2.12. The van der Waals surface area contributed by atoms with E-state index in [1.165, 1.54) is 6.33 Å². The van der Waals surface area contributed by atoms with E-state index >= 15 is 0 Å². The van der Waals surface area contributed by atoms with Gasteiger partial charge in [-0.05, 0) is 19.8 Å². The Morgan fingerprint density at radius 2 is 2.26 bits per heavy atom. The van der Waals surface area contributed by atoms with Crippen molar-refractivity contribution in [2.45, 2.75) is 25.9 Å². The Labute approximate surface area is 131 Å². The first-order valence-electron chi connectivity index (χ1n) is 7.18. The summed E-state index contributed by atoms with van der Waals surface area (Å²) in [6, 6.07) is 1.62. The second-order valence-electron chi connectivity index (χ2n) is 5.14. The molecule has 0 aromatic carbocycles. The largest absolute Gasteiger partial charge is 0.376 e. The number of aryl methyl sites for hydroxylation is 1. The van der Waals surface area contributed by atoms with Gasteiger partial charge in [-0.2, -0.15) is 0 Å². The van der Waals surface area contributed by atoms with Crippen molar-refractivity contribution in [1.29, 1.82) is 0 Å². The van der Waals surface area contributed by atoms with Gasteiger partial charge in [0.05, 0.1) is 11.0 Å². The van der Waals surface area contributed by atoms with E-state index in [1.54, 1.807) is 13.0 Å². The quantitative estimate of drug-likeness (QED) is 0.606. The van der Waals surface area contributed by atoms with Crippen molar-refractivity contribution in [1.82, 2.24) is 15.1 Å². The number of hydrogen-bond acceptors (Lipinski definition) is 9. The molecule has 0 amide bonds. The van der Waals surface area contributed by atoms with Crippen molar-refractivity contribution in [2.75, 3.05) is 23.8 Å². The smallest absolute Gasteiger partial charge is 0.353 e. The summed E-state index contributed by atoms with van der Waals surface area (Å²) in [5, 5.41) is 20.9. The highest BCUT2D eigenvalue weighted by molar-refractivity contribution is 5.72. The number of nitro groups is 1. The molecule has 1 aliphatic heterocycles. The Bertz CT molecular complexity index is 698. The van der Waals surface area contributed by atoms with Crippen molar-refractivity contribution in [3.05, 3.63) is 28.3 Å². The van der Waals surface area contributed by atoms with E-state index in [9.17, 15) is 10.1 Å². The molecule has 0 aliphatic carbocycles. The van der Waals surface area contributed by atoms with Crippen molar-refractivity contribution < 1.29 is 14.2 Å². The molecule has 2 N–H and O–H groups in total. The molecule has 1 unspecified atom stereocenters. The van der Waals surface area contributed by atoms with Crippen LogP contribution in [0.5, 0.6) is 0 Å². The summed E-state index contributed by atoms with van der Waals surface area (Å²) in [5.41, 5.74) is -0.244. The Morgan fingerprint density at radius 1 is 1.43 bits per heavy atom. The van der Waals surface area contributed by atoms with Crippen LogP contribution in [0.25, 0.3) is 0 Å². The molecule has 10 nitrogen and oxygen atoms in total. The second-order valence-corrected chi connectivity index (χ2v) is 5.14. The van der Waals surface area contributed by atoms with E-state index in [1.807, 2.05) is 0 Å². The summed E-state index contributed by atoms with van der Waals surface area (Å²) in [6.07, 6.45) is 3.21. The van der Waals surface area contributed by atoms with Crippen molar-refractivity contribution in [3.63, 3.8) is 0 Å². The number of hydrogen-bond donors (Lipinski definition) is 2. The number of ether oxygens (including phenoxy) is 1. The summed E-state index contributed by atoms with van der Waals surface area (Å²) in [7, 11) is 0. The number of nitrogens with one attached hydrogen (secondary N) is 2. The van der Waals surface area contributed by atoms with Crippen LogP contribution in [-0.4, -0.2) is 39.3 Å².